The highest BCUT2D eigenvalue weighted by Crippen LogP contribution is 2.25. The highest BCUT2D eigenvalue weighted by atomic mass is 32.2. The number of anilines is 1. The van der Waals surface area contributed by atoms with Crippen molar-refractivity contribution >= 4 is 23.4 Å². The summed E-state index contributed by atoms with van der Waals surface area (Å²) in [6.45, 7) is 4.01. The van der Waals surface area contributed by atoms with E-state index in [4.69, 9.17) is 4.42 Å². The SMILES string of the molecule is Cc1ccc(-c2nnc(SCC(=O)Nc3ccc(F)c(F)c3)o2)cc1C. The third-order valence-electron chi connectivity index (χ3n) is 3.69. The largest absolute Gasteiger partial charge is 0.411 e. The fraction of sp³-hybridized carbons (Fsp3) is 0.167. The van der Waals surface area contributed by atoms with E-state index in [1.807, 2.05) is 32.0 Å². The predicted molar refractivity (Wildman–Crippen MR) is 94.9 cm³/mol. The number of nitrogens with one attached hydrogen (secondary N) is 1. The van der Waals surface area contributed by atoms with Gasteiger partial charge in [0.2, 0.25) is 11.8 Å². The first-order valence-electron chi connectivity index (χ1n) is 7.71. The Morgan fingerprint density at radius 3 is 2.62 bits per heavy atom. The molecule has 8 heteroatoms. The monoisotopic (exact) mass is 375 g/mol. The maximum atomic E-state index is 13.1. The van der Waals surface area contributed by atoms with E-state index in [2.05, 4.69) is 15.5 Å². The van der Waals surface area contributed by atoms with Gasteiger partial charge in [0, 0.05) is 17.3 Å². The van der Waals surface area contributed by atoms with Crippen LogP contribution in [0.5, 0.6) is 0 Å². The second kappa shape index (κ2) is 7.65. The molecular weight excluding hydrogens is 360 g/mol. The fourth-order valence-corrected chi connectivity index (χ4v) is 2.72. The average molecular weight is 375 g/mol. The molecule has 0 saturated carbocycles. The zero-order valence-corrected chi connectivity index (χ0v) is 14.9. The van der Waals surface area contributed by atoms with E-state index in [1.54, 1.807) is 0 Å². The van der Waals surface area contributed by atoms with Gasteiger partial charge in [-0.1, -0.05) is 17.8 Å². The van der Waals surface area contributed by atoms with Gasteiger partial charge in [-0.15, -0.1) is 10.2 Å². The number of rotatable bonds is 5. The minimum Gasteiger partial charge on any atom is -0.411 e. The van der Waals surface area contributed by atoms with Crippen molar-refractivity contribution in [3.8, 4) is 11.5 Å². The second-order valence-electron chi connectivity index (χ2n) is 5.64. The summed E-state index contributed by atoms with van der Waals surface area (Å²) < 4.78 is 31.6. The molecule has 134 valence electrons. The summed E-state index contributed by atoms with van der Waals surface area (Å²) >= 11 is 1.06. The van der Waals surface area contributed by atoms with Crippen molar-refractivity contribution < 1.29 is 18.0 Å². The van der Waals surface area contributed by atoms with Crippen molar-refractivity contribution in [3.05, 3.63) is 59.2 Å². The number of halogens is 2. The molecule has 2 aromatic carbocycles. The van der Waals surface area contributed by atoms with Crippen molar-refractivity contribution in [1.29, 1.82) is 0 Å². The minimum atomic E-state index is -1.02. The molecule has 26 heavy (non-hydrogen) atoms. The molecule has 5 nitrogen and oxygen atoms in total. The molecule has 0 saturated heterocycles. The Kier molecular flexibility index (Phi) is 5.32. The van der Waals surface area contributed by atoms with Crippen molar-refractivity contribution in [3.63, 3.8) is 0 Å². The van der Waals surface area contributed by atoms with Crippen LogP contribution in [0.15, 0.2) is 46.0 Å². The minimum absolute atomic E-state index is 0.00639. The number of nitrogens with zero attached hydrogens (tertiary/aromatic N) is 2. The van der Waals surface area contributed by atoms with Gasteiger partial charge in [0.15, 0.2) is 11.6 Å². The van der Waals surface area contributed by atoms with Crippen molar-refractivity contribution in [2.45, 2.75) is 19.1 Å². The van der Waals surface area contributed by atoms with Crippen LogP contribution in [0.1, 0.15) is 11.1 Å². The Morgan fingerprint density at radius 1 is 1.08 bits per heavy atom. The number of hydrogen-bond donors (Lipinski definition) is 1. The van der Waals surface area contributed by atoms with Crippen molar-refractivity contribution in [2.24, 2.45) is 0 Å². The Labute approximate surface area is 152 Å². The van der Waals surface area contributed by atoms with Crippen LogP contribution in [0.4, 0.5) is 14.5 Å². The summed E-state index contributed by atoms with van der Waals surface area (Å²) in [4.78, 5) is 11.9. The quantitative estimate of drug-likeness (QED) is 0.671. The Balaban J connectivity index is 1.59. The standard InChI is InChI=1S/C18H15F2N3O2S/c1-10-3-4-12(7-11(10)2)17-22-23-18(25-17)26-9-16(24)21-13-5-6-14(19)15(20)8-13/h3-8H,9H2,1-2H3,(H,21,24). The highest BCUT2D eigenvalue weighted by Gasteiger charge is 2.12. The molecule has 0 bridgehead atoms. The summed E-state index contributed by atoms with van der Waals surface area (Å²) in [5, 5.41) is 10.6. The van der Waals surface area contributed by atoms with Crippen molar-refractivity contribution in [1.82, 2.24) is 10.2 Å². The molecule has 0 fully saturated rings. The van der Waals surface area contributed by atoms with Crippen LogP contribution in [0.3, 0.4) is 0 Å². The van der Waals surface area contributed by atoms with Gasteiger partial charge in [-0.05, 0) is 49.2 Å². The molecule has 0 aliphatic rings. The smallest absolute Gasteiger partial charge is 0.277 e. The number of carbonyl (C=O) groups excluding carboxylic acids is 1. The van der Waals surface area contributed by atoms with Crippen LogP contribution in [-0.4, -0.2) is 21.9 Å². The molecule has 0 radical (unpaired) electrons. The van der Waals surface area contributed by atoms with Crippen LogP contribution >= 0.6 is 11.8 Å². The first-order chi connectivity index (χ1) is 12.4. The summed E-state index contributed by atoms with van der Waals surface area (Å²) in [6.07, 6.45) is 0. The van der Waals surface area contributed by atoms with E-state index in [1.165, 1.54) is 6.07 Å². The maximum absolute atomic E-state index is 13.1. The number of hydrogen-bond acceptors (Lipinski definition) is 5. The molecule has 3 aromatic rings. The summed E-state index contributed by atoms with van der Waals surface area (Å²) in [7, 11) is 0. The average Bonchev–Trinajstić information content (AvgIpc) is 3.08. The lowest BCUT2D eigenvalue weighted by Gasteiger charge is -2.04. The van der Waals surface area contributed by atoms with Gasteiger partial charge in [0.25, 0.3) is 5.22 Å². The van der Waals surface area contributed by atoms with E-state index in [0.717, 1.165) is 40.6 Å². The first-order valence-corrected chi connectivity index (χ1v) is 8.70. The maximum Gasteiger partial charge on any atom is 0.277 e. The number of thioether (sulfide) groups is 1. The molecule has 0 aliphatic carbocycles. The number of amides is 1. The zero-order valence-electron chi connectivity index (χ0n) is 14.0. The first kappa shape index (κ1) is 18.1. The lowest BCUT2D eigenvalue weighted by atomic mass is 10.1. The van der Waals surface area contributed by atoms with Gasteiger partial charge < -0.3 is 9.73 Å². The highest BCUT2D eigenvalue weighted by molar-refractivity contribution is 7.99. The second-order valence-corrected chi connectivity index (χ2v) is 6.56. The lowest BCUT2D eigenvalue weighted by Crippen LogP contribution is -2.14. The number of aromatic nitrogens is 2. The zero-order chi connectivity index (χ0) is 18.7. The van der Waals surface area contributed by atoms with Gasteiger partial charge in [-0.2, -0.15) is 0 Å². The summed E-state index contributed by atoms with van der Waals surface area (Å²) in [5.41, 5.74) is 3.26. The Bertz CT molecular complexity index is 959. The van der Waals surface area contributed by atoms with E-state index < -0.39 is 17.5 Å². The molecule has 1 heterocycles. The lowest BCUT2D eigenvalue weighted by molar-refractivity contribution is -0.113. The summed E-state index contributed by atoms with van der Waals surface area (Å²) in [6, 6.07) is 8.96. The van der Waals surface area contributed by atoms with E-state index in [9.17, 15) is 13.6 Å². The van der Waals surface area contributed by atoms with Gasteiger partial charge >= 0.3 is 0 Å². The van der Waals surface area contributed by atoms with Gasteiger partial charge in [0.1, 0.15) is 0 Å². The predicted octanol–water partition coefficient (Wildman–Crippen LogP) is 4.36. The van der Waals surface area contributed by atoms with Crippen molar-refractivity contribution in [2.75, 3.05) is 11.1 Å². The fourth-order valence-electron chi connectivity index (χ4n) is 2.16. The Morgan fingerprint density at radius 2 is 1.88 bits per heavy atom. The van der Waals surface area contributed by atoms with Crippen LogP contribution in [-0.2, 0) is 4.79 Å². The normalized spacial score (nSPS) is 10.8. The van der Waals surface area contributed by atoms with Crippen LogP contribution in [0, 0.1) is 25.5 Å². The molecule has 1 N–H and O–H groups in total. The number of benzene rings is 2. The number of carbonyl (C=O) groups is 1. The topological polar surface area (TPSA) is 68.0 Å². The van der Waals surface area contributed by atoms with Gasteiger partial charge in [-0.3, -0.25) is 4.79 Å². The summed E-state index contributed by atoms with van der Waals surface area (Å²) in [5.74, 6) is -2.02. The van der Waals surface area contributed by atoms with Gasteiger partial charge in [0.05, 0.1) is 5.75 Å². The van der Waals surface area contributed by atoms with Crippen LogP contribution < -0.4 is 5.32 Å². The number of aryl methyl sites for hydroxylation is 2. The molecule has 3 rings (SSSR count). The molecule has 0 aliphatic heterocycles. The van der Waals surface area contributed by atoms with Gasteiger partial charge in [-0.25, -0.2) is 8.78 Å². The third kappa shape index (κ3) is 4.26. The van der Waals surface area contributed by atoms with E-state index >= 15 is 0 Å². The van der Waals surface area contributed by atoms with E-state index in [-0.39, 0.29) is 16.7 Å². The molecule has 0 unspecified atom stereocenters. The molecule has 0 atom stereocenters. The van der Waals surface area contributed by atoms with Crippen LogP contribution in [0.2, 0.25) is 0 Å². The molecule has 1 aromatic heterocycles. The van der Waals surface area contributed by atoms with E-state index in [0.29, 0.717) is 5.89 Å². The third-order valence-corrected chi connectivity index (χ3v) is 4.51. The Hall–Kier alpha value is -2.74. The molecule has 0 spiro atoms. The molecular formula is C18H15F2N3O2S. The molecule has 1 amide bonds. The van der Waals surface area contributed by atoms with Crippen LogP contribution in [0.25, 0.3) is 11.5 Å².